The van der Waals surface area contributed by atoms with Crippen molar-refractivity contribution in [2.75, 3.05) is 0 Å². The molecule has 0 amide bonds. The van der Waals surface area contributed by atoms with E-state index in [-0.39, 0.29) is 0 Å². The van der Waals surface area contributed by atoms with Gasteiger partial charge in [0, 0.05) is 31.7 Å². The van der Waals surface area contributed by atoms with E-state index in [9.17, 15) is 0 Å². The van der Waals surface area contributed by atoms with Crippen LogP contribution >= 0.6 is 11.3 Å². The van der Waals surface area contributed by atoms with Gasteiger partial charge in [0.25, 0.3) is 0 Å². The van der Waals surface area contributed by atoms with Gasteiger partial charge >= 0.3 is 0 Å². The highest BCUT2D eigenvalue weighted by Gasteiger charge is 2.18. The first kappa shape index (κ1) is 33.7. The minimum atomic E-state index is 0.525. The van der Waals surface area contributed by atoms with Crippen LogP contribution in [0.2, 0.25) is 0 Å². The van der Waals surface area contributed by atoms with Crippen LogP contribution in [-0.4, -0.2) is 15.0 Å². The highest BCUT2D eigenvalue weighted by Crippen LogP contribution is 2.37. The Morgan fingerprint density at radius 1 is 0.848 bits per heavy atom. The molecule has 0 saturated heterocycles. The molecule has 4 aromatic rings. The van der Waals surface area contributed by atoms with Gasteiger partial charge in [-0.15, -0.1) is 11.3 Å². The van der Waals surface area contributed by atoms with Gasteiger partial charge in [0.1, 0.15) is 0 Å². The second-order valence-electron chi connectivity index (χ2n) is 10.8. The molecule has 0 bridgehead atoms. The Labute approximate surface area is 278 Å². The lowest BCUT2D eigenvalue weighted by Crippen LogP contribution is -2.03. The first-order chi connectivity index (χ1) is 22.2. The van der Waals surface area contributed by atoms with Crippen molar-refractivity contribution < 1.29 is 0 Å². The Morgan fingerprint density at radius 3 is 2.15 bits per heavy atom. The summed E-state index contributed by atoms with van der Waals surface area (Å²) in [5, 5.41) is 1.16. The van der Waals surface area contributed by atoms with E-state index in [0.717, 1.165) is 65.8 Å². The van der Waals surface area contributed by atoms with Crippen molar-refractivity contribution in [1.82, 2.24) is 15.0 Å². The van der Waals surface area contributed by atoms with Crippen LogP contribution in [0.1, 0.15) is 56.4 Å². The summed E-state index contributed by atoms with van der Waals surface area (Å²) in [6.07, 6.45) is 17.5. The molecule has 46 heavy (non-hydrogen) atoms. The molecule has 2 aromatic heterocycles. The predicted octanol–water partition coefficient (Wildman–Crippen LogP) is 12.3. The molecular weight excluding hydrogens is 579 g/mol. The van der Waals surface area contributed by atoms with Gasteiger partial charge in [-0.05, 0) is 91.8 Å². The lowest BCUT2D eigenvalue weighted by molar-refractivity contribution is 1.04. The molecule has 0 atom stereocenters. The predicted molar refractivity (Wildman–Crippen MR) is 204 cm³/mol. The normalized spacial score (nSPS) is 12.9. The van der Waals surface area contributed by atoms with E-state index in [1.165, 1.54) is 4.88 Å². The van der Waals surface area contributed by atoms with Gasteiger partial charge in [0.2, 0.25) is 0 Å². The molecule has 0 aliphatic carbocycles. The van der Waals surface area contributed by atoms with Crippen LogP contribution in [0.5, 0.6) is 0 Å². The molecule has 0 aliphatic heterocycles. The van der Waals surface area contributed by atoms with Crippen molar-refractivity contribution in [3.63, 3.8) is 0 Å². The maximum atomic E-state index is 5.04. The van der Waals surface area contributed by atoms with Crippen LogP contribution < -0.4 is 0 Å². The van der Waals surface area contributed by atoms with Crippen LogP contribution in [0.4, 0.5) is 0 Å². The third-order valence-electron chi connectivity index (χ3n) is 7.55. The van der Waals surface area contributed by atoms with Gasteiger partial charge in [-0.1, -0.05) is 112 Å². The van der Waals surface area contributed by atoms with E-state index in [0.29, 0.717) is 17.5 Å². The average Bonchev–Trinajstić information content (AvgIpc) is 3.41. The number of aromatic nitrogens is 3. The van der Waals surface area contributed by atoms with Gasteiger partial charge in [-0.25, -0.2) is 15.0 Å². The SMILES string of the molecule is C=C/C=C(\C=C)c1nc(-c2cccc(C(=C(/C(=C)C)C(=C)/C=C\C)/C(C)=C/C)c2)nc(-c2ccc3c(C=C)c(/C=C\C)sc3c2)n1. The third-order valence-corrected chi connectivity index (χ3v) is 8.68. The number of hydrogen-bond donors (Lipinski definition) is 0. The number of hydrogen-bond acceptors (Lipinski definition) is 4. The minimum absolute atomic E-state index is 0.525. The highest BCUT2D eigenvalue weighted by atomic mass is 32.1. The molecule has 0 saturated carbocycles. The fourth-order valence-corrected chi connectivity index (χ4v) is 6.56. The standard InChI is InChI=1S/C42H41N3S/c1-11-18-29(10)38(27(7)8)39(28(9)14-4)31-21-17-22-32(25-31)41-43-40(30(15-5)19-12-2)44-42(45-41)33-23-24-35-34(16-6)36(20-13-3)46-37(35)26-33/h11-26H,2,5-7,10H2,1,3-4,8-9H3/b18-11-,20-13-,28-14+,30-19+,39-38-. The molecule has 0 radical (unpaired) electrons. The van der Waals surface area contributed by atoms with Crippen molar-refractivity contribution in [3.05, 3.63) is 162 Å². The fourth-order valence-electron chi connectivity index (χ4n) is 5.34. The van der Waals surface area contributed by atoms with E-state index in [4.69, 9.17) is 15.0 Å². The van der Waals surface area contributed by atoms with Crippen molar-refractivity contribution in [2.24, 2.45) is 0 Å². The molecule has 4 heteroatoms. The molecule has 2 heterocycles. The number of rotatable bonds is 12. The summed E-state index contributed by atoms with van der Waals surface area (Å²) in [7, 11) is 0. The smallest absolute Gasteiger partial charge is 0.164 e. The van der Waals surface area contributed by atoms with Gasteiger partial charge in [-0.2, -0.15) is 0 Å². The zero-order chi connectivity index (χ0) is 33.4. The first-order valence-corrected chi connectivity index (χ1v) is 16.0. The maximum Gasteiger partial charge on any atom is 0.164 e. The third kappa shape index (κ3) is 7.03. The minimum Gasteiger partial charge on any atom is -0.208 e. The maximum absolute atomic E-state index is 5.04. The van der Waals surface area contributed by atoms with Crippen LogP contribution in [-0.2, 0) is 0 Å². The van der Waals surface area contributed by atoms with Crippen LogP contribution in [0.25, 0.3) is 56.2 Å². The van der Waals surface area contributed by atoms with Gasteiger partial charge < -0.3 is 0 Å². The van der Waals surface area contributed by atoms with E-state index in [2.05, 4.69) is 82.3 Å². The van der Waals surface area contributed by atoms with Crippen molar-refractivity contribution in [2.45, 2.75) is 34.6 Å². The van der Waals surface area contributed by atoms with Crippen LogP contribution in [0.15, 0.2) is 140 Å². The Morgan fingerprint density at radius 2 is 1.57 bits per heavy atom. The first-order valence-electron chi connectivity index (χ1n) is 15.2. The van der Waals surface area contributed by atoms with E-state index < -0.39 is 0 Å². The molecule has 2 aromatic carbocycles. The summed E-state index contributed by atoms with van der Waals surface area (Å²) in [4.78, 5) is 16.1. The number of allylic oxidation sites excluding steroid dienone is 13. The number of fused-ring (bicyclic) bond motifs is 1. The molecule has 0 spiro atoms. The summed E-state index contributed by atoms with van der Waals surface area (Å²) in [6, 6.07) is 14.6. The molecule has 4 rings (SSSR count). The van der Waals surface area contributed by atoms with Crippen molar-refractivity contribution in [1.29, 1.82) is 0 Å². The zero-order valence-electron chi connectivity index (χ0n) is 27.5. The second-order valence-corrected chi connectivity index (χ2v) is 11.9. The summed E-state index contributed by atoms with van der Waals surface area (Å²) in [5.41, 5.74) is 9.76. The summed E-state index contributed by atoms with van der Waals surface area (Å²) >= 11 is 1.73. The Bertz CT molecular complexity index is 2020. The summed E-state index contributed by atoms with van der Waals surface area (Å²) < 4.78 is 1.14. The lowest BCUT2D eigenvalue weighted by atomic mass is 9.86. The lowest BCUT2D eigenvalue weighted by Gasteiger charge is -2.18. The number of thiophene rings is 1. The Balaban J connectivity index is 1.99. The van der Waals surface area contributed by atoms with Gasteiger partial charge in [-0.3, -0.25) is 0 Å². The monoisotopic (exact) mass is 619 g/mol. The molecule has 0 N–H and O–H groups in total. The molecule has 0 aliphatic rings. The van der Waals surface area contributed by atoms with Crippen LogP contribution in [0, 0.1) is 0 Å². The van der Waals surface area contributed by atoms with E-state index in [1.807, 2.05) is 70.2 Å². The Kier molecular flexibility index (Phi) is 11.1. The second kappa shape index (κ2) is 15.2. The number of nitrogens with zero attached hydrogens (tertiary/aromatic N) is 3. The summed E-state index contributed by atoms with van der Waals surface area (Å²) in [6.45, 7) is 30.8. The molecule has 3 nitrogen and oxygen atoms in total. The Hall–Kier alpha value is -5.19. The van der Waals surface area contributed by atoms with Gasteiger partial charge in [0.15, 0.2) is 17.5 Å². The molecule has 230 valence electrons. The topological polar surface area (TPSA) is 38.7 Å². The summed E-state index contributed by atoms with van der Waals surface area (Å²) in [5.74, 6) is 1.67. The molecular formula is C42H41N3S. The van der Waals surface area contributed by atoms with Crippen molar-refractivity contribution >= 4 is 44.7 Å². The van der Waals surface area contributed by atoms with Gasteiger partial charge in [0.05, 0.1) is 0 Å². The highest BCUT2D eigenvalue weighted by molar-refractivity contribution is 7.20. The largest absolute Gasteiger partial charge is 0.208 e. The fraction of sp³-hybridized carbons (Fsp3) is 0.119. The average molecular weight is 620 g/mol. The van der Waals surface area contributed by atoms with Crippen molar-refractivity contribution in [3.8, 4) is 22.8 Å². The number of benzene rings is 2. The zero-order valence-corrected chi connectivity index (χ0v) is 28.3. The molecule has 0 fully saturated rings. The van der Waals surface area contributed by atoms with E-state index >= 15 is 0 Å². The van der Waals surface area contributed by atoms with E-state index in [1.54, 1.807) is 23.5 Å². The van der Waals surface area contributed by atoms with Crippen LogP contribution in [0.3, 0.4) is 0 Å². The molecule has 0 unspecified atom stereocenters. The quantitative estimate of drug-likeness (QED) is 0.148.